The van der Waals surface area contributed by atoms with Gasteiger partial charge >= 0.3 is 12.9 Å². The summed E-state index contributed by atoms with van der Waals surface area (Å²) in [5.74, 6) is 0.465. The molecule has 2 aliphatic rings. The number of ether oxygens (including phenoxy) is 3. The van der Waals surface area contributed by atoms with Gasteiger partial charge in [0.15, 0.2) is 22.9 Å². The highest BCUT2D eigenvalue weighted by Gasteiger charge is 2.53. The van der Waals surface area contributed by atoms with Crippen molar-refractivity contribution in [2.75, 3.05) is 20.8 Å². The maximum absolute atomic E-state index is 16.1. The highest BCUT2D eigenvalue weighted by atomic mass is 35.6. The van der Waals surface area contributed by atoms with Crippen LogP contribution in [0.3, 0.4) is 0 Å². The largest absolute Gasteiger partial charge is 0.737 e. The number of aryl methyl sites for hydroxylation is 1. The standard InChI is InChI=1S/C25H24BCl3F2N2O4/c1-16-12-19(6-4-17-5-10-22(35-2)23(13-17)36-3)33-21(16)14-20-8-7-18(32(20)26(33,30)31)9-11-24(34)37-15-25(27,28)29/h4-8,10,12-14H,9,11,15H2,1-3H3/b6-4+. The average molecular weight is 572 g/mol. The van der Waals surface area contributed by atoms with Crippen molar-refractivity contribution in [1.82, 2.24) is 4.48 Å². The number of fused-ring (bicyclic) bond motifs is 2. The first-order valence-electron chi connectivity index (χ1n) is 11.4. The van der Waals surface area contributed by atoms with Gasteiger partial charge in [0.2, 0.25) is 3.79 Å². The Kier molecular flexibility index (Phi) is 7.79. The Hall–Kier alpha value is -2.75. The van der Waals surface area contributed by atoms with Crippen molar-refractivity contribution >= 4 is 65.6 Å². The van der Waals surface area contributed by atoms with E-state index in [0.29, 0.717) is 34.3 Å². The van der Waals surface area contributed by atoms with Crippen molar-refractivity contribution in [3.05, 3.63) is 70.7 Å². The molecule has 0 saturated heterocycles. The van der Waals surface area contributed by atoms with Gasteiger partial charge in [-0.3, -0.25) is 4.79 Å². The van der Waals surface area contributed by atoms with E-state index in [1.165, 1.54) is 7.11 Å². The van der Waals surface area contributed by atoms with Gasteiger partial charge < -0.3 is 31.8 Å². The zero-order chi connectivity index (χ0) is 27.0. The second-order valence-corrected chi connectivity index (χ2v) is 11.1. The first-order chi connectivity index (χ1) is 17.4. The van der Waals surface area contributed by atoms with E-state index in [1.54, 1.807) is 62.6 Å². The van der Waals surface area contributed by atoms with Crippen LogP contribution in [-0.4, -0.2) is 52.2 Å². The average Bonchev–Trinajstić information content (AvgIpc) is 3.41. The lowest BCUT2D eigenvalue weighted by atomic mass is 9.89. The molecule has 1 aromatic carbocycles. The number of benzene rings is 1. The Morgan fingerprint density at radius 1 is 1.08 bits per heavy atom. The molecule has 12 heteroatoms. The van der Waals surface area contributed by atoms with Crippen molar-refractivity contribution in [1.29, 1.82) is 0 Å². The highest BCUT2D eigenvalue weighted by Crippen LogP contribution is 2.36. The minimum atomic E-state index is -4.25. The monoisotopic (exact) mass is 570 g/mol. The first kappa shape index (κ1) is 27.3. The van der Waals surface area contributed by atoms with Crippen LogP contribution in [-0.2, 0) is 16.0 Å². The smallest absolute Gasteiger partial charge is 0.493 e. The van der Waals surface area contributed by atoms with Crippen molar-refractivity contribution in [3.63, 3.8) is 0 Å². The molecule has 0 radical (unpaired) electrons. The van der Waals surface area contributed by atoms with E-state index in [1.807, 2.05) is 6.07 Å². The third kappa shape index (κ3) is 5.74. The summed E-state index contributed by atoms with van der Waals surface area (Å²) in [5, 5.41) is 0. The van der Waals surface area contributed by atoms with Gasteiger partial charge in [-0.25, -0.2) is 0 Å². The summed E-state index contributed by atoms with van der Waals surface area (Å²) in [4.78, 5) is 12.0. The maximum Gasteiger partial charge on any atom is 0.737 e. The molecular weight excluding hydrogens is 547 g/mol. The van der Waals surface area contributed by atoms with Gasteiger partial charge in [-0.2, -0.15) is 0 Å². The van der Waals surface area contributed by atoms with Gasteiger partial charge in [0.05, 0.1) is 20.6 Å². The predicted molar refractivity (Wildman–Crippen MR) is 143 cm³/mol. The molecule has 0 spiro atoms. The van der Waals surface area contributed by atoms with Crippen molar-refractivity contribution < 1.29 is 32.1 Å². The van der Waals surface area contributed by atoms with Crippen molar-refractivity contribution in [2.45, 2.75) is 23.6 Å². The number of carbonyl (C=O) groups excluding carboxylic acids is 1. The summed E-state index contributed by atoms with van der Waals surface area (Å²) in [7, 11) is 3.07. The Morgan fingerprint density at radius 3 is 2.49 bits per heavy atom. The topological polar surface area (TPSA) is 52.7 Å². The van der Waals surface area contributed by atoms with E-state index in [-0.39, 0.29) is 12.8 Å². The SMILES string of the molecule is COc1ccc(/C=C/C2=[N+]3C(=Cc4ccc(CCC(=O)OCC(Cl)(Cl)Cl)n4[B-]3(F)F)C(C)=C2)cc1OC. The van der Waals surface area contributed by atoms with E-state index in [2.05, 4.69) is 0 Å². The molecule has 0 fully saturated rings. The van der Waals surface area contributed by atoms with Crippen LogP contribution >= 0.6 is 34.8 Å². The van der Waals surface area contributed by atoms with Crippen molar-refractivity contribution in [2.24, 2.45) is 0 Å². The molecule has 0 unspecified atom stereocenters. The third-order valence-electron chi connectivity index (χ3n) is 6.08. The summed E-state index contributed by atoms with van der Waals surface area (Å²) < 4.78 is 47.9. The number of methoxy groups -OCH3 is 2. The molecule has 2 aromatic rings. The van der Waals surface area contributed by atoms with E-state index in [0.717, 1.165) is 20.1 Å². The van der Waals surface area contributed by atoms with Crippen LogP contribution in [0.1, 0.15) is 30.3 Å². The molecule has 0 bridgehead atoms. The number of halogens is 5. The maximum atomic E-state index is 16.1. The predicted octanol–water partition coefficient (Wildman–Crippen LogP) is 6.06. The van der Waals surface area contributed by atoms with Gasteiger partial charge in [-0.15, -0.1) is 0 Å². The van der Waals surface area contributed by atoms with Gasteiger partial charge in [-0.05, 0) is 54.9 Å². The Morgan fingerprint density at radius 2 is 1.81 bits per heavy atom. The Bertz CT molecular complexity index is 1360. The molecule has 4 rings (SSSR count). The molecule has 2 aliphatic heterocycles. The van der Waals surface area contributed by atoms with Gasteiger partial charge in [-0.1, -0.05) is 40.9 Å². The Balaban J connectivity index is 1.62. The number of alkyl halides is 3. The van der Waals surface area contributed by atoms with Crippen LogP contribution in [0.15, 0.2) is 53.8 Å². The molecule has 0 amide bonds. The summed E-state index contributed by atoms with van der Waals surface area (Å²) in [6.45, 7) is -2.87. The molecule has 3 heterocycles. The number of rotatable bonds is 8. The molecule has 0 N–H and O–H groups in total. The molecule has 0 aliphatic carbocycles. The zero-order valence-electron chi connectivity index (χ0n) is 20.3. The molecule has 37 heavy (non-hydrogen) atoms. The fraction of sp³-hybridized carbons (Fsp3) is 0.280. The fourth-order valence-corrected chi connectivity index (χ4v) is 4.58. The summed E-state index contributed by atoms with van der Waals surface area (Å²) in [6.07, 6.45) is 6.72. The molecule has 6 nitrogen and oxygen atoms in total. The lowest BCUT2D eigenvalue weighted by Crippen LogP contribution is -2.50. The van der Waals surface area contributed by atoms with Gasteiger partial charge in [0.1, 0.15) is 6.61 Å². The number of hydrogen-bond donors (Lipinski definition) is 0. The van der Waals surface area contributed by atoms with Gasteiger partial charge in [0.25, 0.3) is 0 Å². The molecule has 196 valence electrons. The fourth-order valence-electron chi connectivity index (χ4n) is 4.42. The van der Waals surface area contributed by atoms with Crippen LogP contribution in [0.2, 0.25) is 0 Å². The molecule has 1 aromatic heterocycles. The third-order valence-corrected chi connectivity index (χ3v) is 6.41. The lowest BCUT2D eigenvalue weighted by molar-refractivity contribution is -0.361. The van der Waals surface area contributed by atoms with E-state index in [4.69, 9.17) is 49.0 Å². The van der Waals surface area contributed by atoms with E-state index in [9.17, 15) is 4.79 Å². The van der Waals surface area contributed by atoms with Crippen LogP contribution in [0, 0.1) is 0 Å². The van der Waals surface area contributed by atoms with Crippen LogP contribution in [0.4, 0.5) is 8.63 Å². The second kappa shape index (κ2) is 10.6. The van der Waals surface area contributed by atoms with Crippen molar-refractivity contribution in [3.8, 4) is 11.5 Å². The number of aromatic nitrogens is 1. The molecule has 0 saturated carbocycles. The quantitative estimate of drug-likeness (QED) is 0.220. The molecular formula is C25H24BCl3F2N2O4. The number of esters is 1. The number of carbonyl (C=O) groups is 1. The van der Waals surface area contributed by atoms with E-state index < -0.39 is 23.3 Å². The first-order valence-corrected chi connectivity index (χ1v) is 12.5. The Labute approximate surface area is 228 Å². The summed E-state index contributed by atoms with van der Waals surface area (Å²) >= 11 is 16.8. The number of allylic oxidation sites excluding steroid dienone is 3. The van der Waals surface area contributed by atoms with E-state index >= 15 is 8.63 Å². The lowest BCUT2D eigenvalue weighted by Gasteiger charge is -2.31. The molecule has 0 atom stereocenters. The van der Waals surface area contributed by atoms with Gasteiger partial charge in [0, 0.05) is 29.5 Å². The number of nitrogens with zero attached hydrogens (tertiary/aromatic N) is 2. The van der Waals surface area contributed by atoms with Crippen LogP contribution < -0.4 is 9.47 Å². The second-order valence-electron chi connectivity index (χ2n) is 8.58. The highest BCUT2D eigenvalue weighted by molar-refractivity contribution is 6.67. The minimum Gasteiger partial charge on any atom is -0.493 e. The zero-order valence-corrected chi connectivity index (χ0v) is 22.6. The summed E-state index contributed by atoms with van der Waals surface area (Å²) in [6, 6.07) is 8.53. The normalized spacial score (nSPS) is 16.3. The van der Waals surface area contributed by atoms with Crippen LogP contribution in [0.25, 0.3) is 12.2 Å². The summed E-state index contributed by atoms with van der Waals surface area (Å²) in [5.41, 5.74) is 2.91. The van der Waals surface area contributed by atoms with Crippen LogP contribution in [0.5, 0.6) is 11.5 Å². The number of hydrogen-bond acceptors (Lipinski definition) is 4. The minimum absolute atomic E-state index is 0.0380.